The molecule has 0 radical (unpaired) electrons. The molecule has 1 amide bonds. The van der Waals surface area contributed by atoms with Gasteiger partial charge in [-0.15, -0.1) is 11.3 Å². The van der Waals surface area contributed by atoms with E-state index in [0.29, 0.717) is 24.5 Å². The number of hydrogen-bond acceptors (Lipinski definition) is 5. The number of carbonyl (C=O) groups excluding carboxylic acids is 1. The van der Waals surface area contributed by atoms with E-state index in [1.54, 1.807) is 24.0 Å². The van der Waals surface area contributed by atoms with Gasteiger partial charge in [0.05, 0.1) is 25.4 Å². The van der Waals surface area contributed by atoms with Gasteiger partial charge in [0, 0.05) is 17.0 Å². The number of amides is 1. The fourth-order valence-electron chi connectivity index (χ4n) is 3.04. The van der Waals surface area contributed by atoms with Crippen LogP contribution < -0.4 is 4.90 Å². The minimum Gasteiger partial charge on any atom is -0.477 e. The Morgan fingerprint density at radius 3 is 2.65 bits per heavy atom. The largest absolute Gasteiger partial charge is 0.477 e. The maximum Gasteiger partial charge on any atom is 0.345 e. The van der Waals surface area contributed by atoms with Gasteiger partial charge in [-0.05, 0) is 43.2 Å². The Labute approximate surface area is 155 Å². The van der Waals surface area contributed by atoms with Crippen LogP contribution in [0, 0.1) is 0 Å². The maximum absolute atomic E-state index is 12.3. The molecule has 2 heterocycles. The van der Waals surface area contributed by atoms with Crippen LogP contribution in [0.4, 0.5) is 5.69 Å². The van der Waals surface area contributed by atoms with Crippen LogP contribution in [0.1, 0.15) is 46.0 Å². The highest BCUT2D eigenvalue weighted by atomic mass is 32.1. The van der Waals surface area contributed by atoms with Gasteiger partial charge in [0.15, 0.2) is 0 Å². The van der Waals surface area contributed by atoms with Crippen LogP contribution in [0.25, 0.3) is 0 Å². The van der Waals surface area contributed by atoms with E-state index in [1.165, 1.54) is 11.3 Å². The molecule has 1 aromatic heterocycles. The molecule has 0 saturated carbocycles. The van der Waals surface area contributed by atoms with Crippen molar-refractivity contribution in [3.05, 3.63) is 51.7 Å². The second-order valence-electron chi connectivity index (χ2n) is 6.31. The van der Waals surface area contributed by atoms with Crippen LogP contribution in [-0.4, -0.2) is 34.7 Å². The van der Waals surface area contributed by atoms with Gasteiger partial charge in [0.1, 0.15) is 4.88 Å². The van der Waals surface area contributed by atoms with Gasteiger partial charge < -0.3 is 19.8 Å². The van der Waals surface area contributed by atoms with Crippen LogP contribution >= 0.6 is 11.3 Å². The number of hydrogen-bond donors (Lipinski definition) is 2. The molecular formula is C19H21NO5S. The number of aromatic carboxylic acids is 1. The Kier molecular flexibility index (Phi) is 5.70. The first kappa shape index (κ1) is 18.6. The molecule has 2 aromatic rings. The summed E-state index contributed by atoms with van der Waals surface area (Å²) in [7, 11) is 0. The van der Waals surface area contributed by atoms with Gasteiger partial charge in [0.2, 0.25) is 5.91 Å². The average Bonchev–Trinajstić information content (AvgIpc) is 3.22. The summed E-state index contributed by atoms with van der Waals surface area (Å²) in [5.74, 6) is -0.873. The van der Waals surface area contributed by atoms with Crippen LogP contribution in [-0.2, 0) is 16.1 Å². The monoisotopic (exact) mass is 375 g/mol. The molecule has 2 N–H and O–H groups in total. The predicted octanol–water partition coefficient (Wildman–Crippen LogP) is 3.21. The van der Waals surface area contributed by atoms with Crippen molar-refractivity contribution in [1.29, 1.82) is 0 Å². The van der Waals surface area contributed by atoms with E-state index in [9.17, 15) is 14.7 Å². The molecule has 1 aromatic carbocycles. The second-order valence-corrected chi connectivity index (χ2v) is 7.48. The van der Waals surface area contributed by atoms with E-state index in [1.807, 2.05) is 24.3 Å². The highest BCUT2D eigenvalue weighted by Gasteiger charge is 2.32. The molecule has 1 fully saturated rings. The normalized spacial score (nSPS) is 18.3. The number of nitrogens with zero attached hydrogens (tertiary/aromatic N) is 1. The van der Waals surface area contributed by atoms with Gasteiger partial charge in [-0.3, -0.25) is 4.79 Å². The number of rotatable bonds is 7. The molecule has 0 aliphatic carbocycles. The summed E-state index contributed by atoms with van der Waals surface area (Å²) in [6.07, 6.45) is 0.662. The maximum atomic E-state index is 12.3. The highest BCUT2D eigenvalue weighted by Crippen LogP contribution is 2.28. The van der Waals surface area contributed by atoms with E-state index in [4.69, 9.17) is 9.84 Å². The molecule has 0 bridgehead atoms. The van der Waals surface area contributed by atoms with Crippen molar-refractivity contribution < 1.29 is 24.5 Å². The molecule has 0 unspecified atom stereocenters. The van der Waals surface area contributed by atoms with Crippen molar-refractivity contribution in [3.8, 4) is 0 Å². The molecule has 1 aliphatic rings. The summed E-state index contributed by atoms with van der Waals surface area (Å²) >= 11 is 1.20. The number of benzene rings is 1. The van der Waals surface area contributed by atoms with Crippen molar-refractivity contribution in [3.63, 3.8) is 0 Å². The average molecular weight is 375 g/mol. The first-order valence-electron chi connectivity index (χ1n) is 8.45. The minimum atomic E-state index is -0.936. The van der Waals surface area contributed by atoms with Crippen LogP contribution in [0.15, 0.2) is 36.4 Å². The summed E-state index contributed by atoms with van der Waals surface area (Å²) in [6.45, 7) is 2.43. The van der Waals surface area contributed by atoms with Crippen molar-refractivity contribution in [1.82, 2.24) is 0 Å². The lowest BCUT2D eigenvalue weighted by molar-refractivity contribution is -0.117. The Morgan fingerprint density at radius 2 is 2.04 bits per heavy atom. The first-order chi connectivity index (χ1) is 12.5. The van der Waals surface area contributed by atoms with E-state index < -0.39 is 12.1 Å². The lowest BCUT2D eigenvalue weighted by atomic mass is 10.1. The molecule has 1 aliphatic heterocycles. The van der Waals surface area contributed by atoms with Crippen LogP contribution in [0.5, 0.6) is 0 Å². The fraction of sp³-hybridized carbons (Fsp3) is 0.368. The van der Waals surface area contributed by atoms with E-state index in [2.05, 4.69) is 0 Å². The molecular weight excluding hydrogens is 354 g/mol. The van der Waals surface area contributed by atoms with Crippen molar-refractivity contribution in [2.24, 2.45) is 0 Å². The first-order valence-corrected chi connectivity index (χ1v) is 9.27. The zero-order valence-corrected chi connectivity index (χ0v) is 15.2. The third kappa shape index (κ3) is 4.12. The molecule has 3 rings (SSSR count). The minimum absolute atomic E-state index is 0.0428. The van der Waals surface area contributed by atoms with Gasteiger partial charge >= 0.3 is 5.97 Å². The Balaban J connectivity index is 1.61. The number of aliphatic hydroxyl groups is 1. The Hall–Kier alpha value is -2.22. The Bertz CT molecular complexity index is 783. The van der Waals surface area contributed by atoms with Crippen LogP contribution in [0.3, 0.4) is 0 Å². The topological polar surface area (TPSA) is 87.1 Å². The van der Waals surface area contributed by atoms with Crippen LogP contribution in [0.2, 0.25) is 0 Å². The Morgan fingerprint density at radius 1 is 1.31 bits per heavy atom. The van der Waals surface area contributed by atoms with Crippen molar-refractivity contribution in [2.45, 2.75) is 38.5 Å². The molecule has 6 nitrogen and oxygen atoms in total. The third-order valence-electron chi connectivity index (χ3n) is 4.41. The number of carboxylic acid groups (broad SMARTS) is 1. The number of aliphatic hydroxyl groups excluding tert-OH is 1. The second kappa shape index (κ2) is 7.99. The van der Waals surface area contributed by atoms with Crippen molar-refractivity contribution in [2.75, 3.05) is 11.5 Å². The standard InChI is InChI=1S/C19H21NO5S/c1-12(21)13-2-4-14(5-3-13)20-15(6-9-18(20)22)10-25-11-16-7-8-17(26-16)19(23)24/h2-5,7-8,12,15,21H,6,9-11H2,1H3,(H,23,24)/t12-,15+/m0/s1. The quantitative estimate of drug-likeness (QED) is 0.776. The molecule has 138 valence electrons. The number of anilines is 1. The summed E-state index contributed by atoms with van der Waals surface area (Å²) in [5, 5.41) is 18.6. The zero-order valence-electron chi connectivity index (χ0n) is 14.4. The summed E-state index contributed by atoms with van der Waals surface area (Å²) in [6, 6.07) is 10.6. The van der Waals surface area contributed by atoms with E-state index in [0.717, 1.165) is 22.5 Å². The molecule has 26 heavy (non-hydrogen) atoms. The molecule has 1 saturated heterocycles. The lowest BCUT2D eigenvalue weighted by Gasteiger charge is -2.25. The number of carbonyl (C=O) groups is 2. The van der Waals surface area contributed by atoms with Gasteiger partial charge in [0.25, 0.3) is 0 Å². The highest BCUT2D eigenvalue weighted by molar-refractivity contribution is 7.13. The van der Waals surface area contributed by atoms with E-state index in [-0.39, 0.29) is 11.9 Å². The van der Waals surface area contributed by atoms with Gasteiger partial charge in [-0.2, -0.15) is 0 Å². The van der Waals surface area contributed by atoms with Gasteiger partial charge in [-0.1, -0.05) is 12.1 Å². The molecule has 7 heteroatoms. The van der Waals surface area contributed by atoms with E-state index >= 15 is 0 Å². The summed E-state index contributed by atoms with van der Waals surface area (Å²) < 4.78 is 5.74. The fourth-order valence-corrected chi connectivity index (χ4v) is 3.82. The SMILES string of the molecule is C[C@H](O)c1ccc(N2C(=O)CC[C@@H]2COCc2ccc(C(=O)O)s2)cc1. The molecule has 0 spiro atoms. The number of carboxylic acids is 1. The predicted molar refractivity (Wildman–Crippen MR) is 98.5 cm³/mol. The number of ether oxygens (including phenoxy) is 1. The lowest BCUT2D eigenvalue weighted by Crippen LogP contribution is -2.36. The molecule has 2 atom stereocenters. The zero-order chi connectivity index (χ0) is 18.7. The number of thiophene rings is 1. The summed E-state index contributed by atoms with van der Waals surface area (Å²) in [4.78, 5) is 26.1. The smallest absolute Gasteiger partial charge is 0.345 e. The van der Waals surface area contributed by atoms with Crippen molar-refractivity contribution >= 4 is 28.9 Å². The third-order valence-corrected chi connectivity index (χ3v) is 5.45. The summed E-state index contributed by atoms with van der Waals surface area (Å²) in [5.41, 5.74) is 1.61. The van der Waals surface area contributed by atoms with Gasteiger partial charge in [-0.25, -0.2) is 4.79 Å².